The third-order valence-corrected chi connectivity index (χ3v) is 5.65. The van der Waals surface area contributed by atoms with E-state index >= 15 is 0 Å². The van der Waals surface area contributed by atoms with E-state index in [1.54, 1.807) is 25.7 Å². The second-order valence-electron chi connectivity index (χ2n) is 7.72. The van der Waals surface area contributed by atoms with Gasteiger partial charge in [0.2, 0.25) is 0 Å². The molecule has 0 atom stereocenters. The Morgan fingerprint density at radius 2 is 1.94 bits per heavy atom. The summed E-state index contributed by atoms with van der Waals surface area (Å²) in [5.41, 5.74) is 3.75. The average molecular weight is 443 g/mol. The van der Waals surface area contributed by atoms with Crippen LogP contribution in [0.3, 0.4) is 0 Å². The lowest BCUT2D eigenvalue weighted by atomic mass is 10.2. The highest BCUT2D eigenvalue weighted by atomic mass is 16.5. The summed E-state index contributed by atoms with van der Waals surface area (Å²) in [5.74, 6) is 2.62. The normalized spacial score (nSPS) is 13.7. The van der Waals surface area contributed by atoms with Gasteiger partial charge in [-0.15, -0.1) is 0 Å². The lowest BCUT2D eigenvalue weighted by Gasteiger charge is -2.29. The highest BCUT2D eigenvalue weighted by Gasteiger charge is 2.14. The smallest absolute Gasteiger partial charge is 0.162 e. The molecule has 1 aromatic carbocycles. The van der Waals surface area contributed by atoms with Gasteiger partial charge in [-0.3, -0.25) is 4.98 Å². The zero-order valence-electron chi connectivity index (χ0n) is 18.7. The van der Waals surface area contributed by atoms with Crippen molar-refractivity contribution in [3.63, 3.8) is 0 Å². The SMILES string of the molecule is CNc1nc(-c2ccnc(Nc3cccc(N4CCNCC4)c3)c2)nc2cncc(OC)c12. The van der Waals surface area contributed by atoms with Gasteiger partial charge in [0.05, 0.1) is 30.4 Å². The number of pyridine rings is 2. The number of benzene rings is 1. The van der Waals surface area contributed by atoms with Crippen molar-refractivity contribution in [3.8, 4) is 17.1 Å². The Balaban J connectivity index is 1.45. The minimum atomic E-state index is 0.585. The molecule has 3 N–H and O–H groups in total. The topological polar surface area (TPSA) is 100 Å². The summed E-state index contributed by atoms with van der Waals surface area (Å²) in [5, 5.41) is 10.8. The number of piperazine rings is 1. The average Bonchev–Trinajstić information content (AvgIpc) is 2.88. The van der Waals surface area contributed by atoms with Crippen molar-refractivity contribution in [1.29, 1.82) is 0 Å². The number of ether oxygens (including phenoxy) is 1. The van der Waals surface area contributed by atoms with Gasteiger partial charge in [-0.25, -0.2) is 15.0 Å². The van der Waals surface area contributed by atoms with E-state index in [9.17, 15) is 0 Å². The molecule has 168 valence electrons. The fourth-order valence-electron chi connectivity index (χ4n) is 4.01. The number of rotatable bonds is 6. The van der Waals surface area contributed by atoms with Crippen LogP contribution in [0.2, 0.25) is 0 Å². The maximum Gasteiger partial charge on any atom is 0.162 e. The fourth-order valence-corrected chi connectivity index (χ4v) is 4.01. The van der Waals surface area contributed by atoms with Crippen LogP contribution in [-0.4, -0.2) is 60.3 Å². The van der Waals surface area contributed by atoms with Crippen molar-refractivity contribution in [2.75, 3.05) is 55.9 Å². The molecule has 1 aliphatic heterocycles. The highest BCUT2D eigenvalue weighted by Crippen LogP contribution is 2.31. The fraction of sp³-hybridized carbons (Fsp3) is 0.250. The first-order chi connectivity index (χ1) is 16.2. The molecule has 0 bridgehead atoms. The van der Waals surface area contributed by atoms with Crippen molar-refractivity contribution in [2.24, 2.45) is 0 Å². The molecule has 1 saturated heterocycles. The van der Waals surface area contributed by atoms with Gasteiger partial charge in [-0.2, -0.15) is 0 Å². The summed E-state index contributed by atoms with van der Waals surface area (Å²) < 4.78 is 5.45. The van der Waals surface area contributed by atoms with Crippen molar-refractivity contribution in [1.82, 2.24) is 25.3 Å². The van der Waals surface area contributed by atoms with E-state index < -0.39 is 0 Å². The van der Waals surface area contributed by atoms with Crippen LogP contribution < -0.4 is 25.6 Å². The van der Waals surface area contributed by atoms with Gasteiger partial charge in [0, 0.05) is 56.4 Å². The molecule has 9 heteroatoms. The second-order valence-corrected chi connectivity index (χ2v) is 7.72. The van der Waals surface area contributed by atoms with Gasteiger partial charge < -0.3 is 25.6 Å². The molecule has 33 heavy (non-hydrogen) atoms. The molecule has 5 rings (SSSR count). The Labute approximate surface area is 192 Å². The molecule has 0 unspecified atom stereocenters. The summed E-state index contributed by atoms with van der Waals surface area (Å²) >= 11 is 0. The predicted octanol–water partition coefficient (Wildman–Crippen LogP) is 3.29. The number of aromatic nitrogens is 4. The molecule has 4 heterocycles. The van der Waals surface area contributed by atoms with E-state index in [1.165, 1.54) is 5.69 Å². The number of nitrogens with one attached hydrogen (secondary N) is 3. The van der Waals surface area contributed by atoms with Gasteiger partial charge >= 0.3 is 0 Å². The molecular formula is C24H26N8O. The maximum absolute atomic E-state index is 5.45. The van der Waals surface area contributed by atoms with E-state index in [2.05, 4.69) is 49.0 Å². The number of anilines is 4. The molecule has 0 radical (unpaired) electrons. The lowest BCUT2D eigenvalue weighted by Crippen LogP contribution is -2.43. The maximum atomic E-state index is 5.45. The van der Waals surface area contributed by atoms with E-state index in [1.807, 2.05) is 25.2 Å². The van der Waals surface area contributed by atoms with Crippen molar-refractivity contribution < 1.29 is 4.74 Å². The van der Waals surface area contributed by atoms with Crippen LogP contribution >= 0.6 is 0 Å². The van der Waals surface area contributed by atoms with E-state index in [0.29, 0.717) is 22.9 Å². The largest absolute Gasteiger partial charge is 0.494 e. The Kier molecular flexibility index (Phi) is 5.86. The van der Waals surface area contributed by atoms with E-state index in [-0.39, 0.29) is 0 Å². The monoisotopic (exact) mass is 442 g/mol. The zero-order valence-corrected chi connectivity index (χ0v) is 18.7. The van der Waals surface area contributed by atoms with Crippen LogP contribution in [0.4, 0.5) is 23.0 Å². The molecular weight excluding hydrogens is 416 g/mol. The Morgan fingerprint density at radius 1 is 1.06 bits per heavy atom. The standard InChI is InChI=1S/C24H26N8O/c1-25-24-22-19(14-27-15-20(22)33-2)30-23(31-24)16-6-7-28-21(12-16)29-17-4-3-5-18(13-17)32-10-8-26-9-11-32/h3-7,12-15,26H,8-11H2,1-2H3,(H,28,29)(H,25,30,31). The van der Waals surface area contributed by atoms with Crippen LogP contribution in [0.1, 0.15) is 0 Å². The quantitative estimate of drug-likeness (QED) is 0.415. The zero-order chi connectivity index (χ0) is 22.6. The molecule has 0 amide bonds. The van der Waals surface area contributed by atoms with Gasteiger partial charge in [0.25, 0.3) is 0 Å². The molecule has 4 aromatic rings. The predicted molar refractivity (Wildman–Crippen MR) is 131 cm³/mol. The number of nitrogens with zero attached hydrogens (tertiary/aromatic N) is 5. The van der Waals surface area contributed by atoms with Crippen LogP contribution in [0.5, 0.6) is 5.75 Å². The third kappa shape index (κ3) is 4.35. The third-order valence-electron chi connectivity index (χ3n) is 5.65. The Hall–Kier alpha value is -3.98. The molecule has 3 aromatic heterocycles. The number of hydrogen-bond donors (Lipinski definition) is 3. The van der Waals surface area contributed by atoms with Crippen LogP contribution in [0.25, 0.3) is 22.3 Å². The van der Waals surface area contributed by atoms with Crippen LogP contribution in [0.15, 0.2) is 55.0 Å². The molecule has 9 nitrogen and oxygen atoms in total. The van der Waals surface area contributed by atoms with Crippen molar-refractivity contribution in [2.45, 2.75) is 0 Å². The Bertz CT molecular complexity index is 1270. The summed E-state index contributed by atoms with van der Waals surface area (Å²) in [6, 6.07) is 12.3. The summed E-state index contributed by atoms with van der Waals surface area (Å²) in [4.78, 5) is 20.6. The van der Waals surface area contributed by atoms with Crippen LogP contribution in [0, 0.1) is 0 Å². The summed E-state index contributed by atoms with van der Waals surface area (Å²) in [7, 11) is 3.44. The summed E-state index contributed by atoms with van der Waals surface area (Å²) in [6.07, 6.45) is 5.13. The summed E-state index contributed by atoms with van der Waals surface area (Å²) in [6.45, 7) is 4.01. The van der Waals surface area contributed by atoms with Gasteiger partial charge in [0.1, 0.15) is 17.4 Å². The highest BCUT2D eigenvalue weighted by molar-refractivity contribution is 5.95. The van der Waals surface area contributed by atoms with Gasteiger partial charge in [-0.05, 0) is 30.3 Å². The number of hydrogen-bond acceptors (Lipinski definition) is 9. The molecule has 1 fully saturated rings. The molecule has 0 saturated carbocycles. The van der Waals surface area contributed by atoms with Crippen LogP contribution in [-0.2, 0) is 0 Å². The second kappa shape index (κ2) is 9.25. The first-order valence-corrected chi connectivity index (χ1v) is 10.9. The molecule has 0 spiro atoms. The van der Waals surface area contributed by atoms with Gasteiger partial charge in [-0.1, -0.05) is 6.07 Å². The first-order valence-electron chi connectivity index (χ1n) is 10.9. The minimum Gasteiger partial charge on any atom is -0.494 e. The molecule has 1 aliphatic rings. The van der Waals surface area contributed by atoms with E-state index in [4.69, 9.17) is 14.7 Å². The van der Waals surface area contributed by atoms with Crippen molar-refractivity contribution in [3.05, 3.63) is 55.0 Å². The molecule has 0 aliphatic carbocycles. The minimum absolute atomic E-state index is 0.585. The van der Waals surface area contributed by atoms with Gasteiger partial charge in [0.15, 0.2) is 5.82 Å². The Morgan fingerprint density at radius 3 is 2.76 bits per heavy atom. The first kappa shape index (κ1) is 20.9. The van der Waals surface area contributed by atoms with E-state index in [0.717, 1.165) is 48.6 Å². The number of fused-ring (bicyclic) bond motifs is 1. The number of methoxy groups -OCH3 is 1. The van der Waals surface area contributed by atoms with Crippen molar-refractivity contribution >= 4 is 33.9 Å². The lowest BCUT2D eigenvalue weighted by molar-refractivity contribution is 0.418.